The summed E-state index contributed by atoms with van der Waals surface area (Å²) in [5.74, 6) is -2.14. The number of nitrogens with one attached hydrogen (secondary N) is 1. The zero-order valence-corrected chi connectivity index (χ0v) is 9.49. The van der Waals surface area contributed by atoms with E-state index in [0.29, 0.717) is 0 Å². The Kier molecular flexibility index (Phi) is 3.21. The van der Waals surface area contributed by atoms with Crippen LogP contribution in [0.5, 0.6) is 0 Å². The van der Waals surface area contributed by atoms with Gasteiger partial charge in [-0.3, -0.25) is 19.2 Å². The number of nitrogens with zero attached hydrogens (tertiary/aromatic N) is 1. The average Bonchev–Trinajstić information content (AvgIpc) is 2.14. The first-order chi connectivity index (χ1) is 7.77. The van der Waals surface area contributed by atoms with E-state index in [2.05, 4.69) is 4.98 Å². The second kappa shape index (κ2) is 4.28. The molecule has 7 nitrogen and oxygen atoms in total. The molecule has 1 heterocycles. The van der Waals surface area contributed by atoms with Gasteiger partial charge in [-0.05, 0) is 6.92 Å². The van der Waals surface area contributed by atoms with E-state index < -0.39 is 34.3 Å². The molecule has 0 aromatic carbocycles. The van der Waals surface area contributed by atoms with E-state index >= 15 is 0 Å². The van der Waals surface area contributed by atoms with Gasteiger partial charge in [-0.2, -0.15) is 4.57 Å². The molecule has 0 atom stereocenters. The standard InChI is InChI=1S/C10H10N2O5/c1-4(13)7-8(5(2)14)11-10(17)12(6(3)15)9(7)16/h1-3H3,(H,11,17). The van der Waals surface area contributed by atoms with Crippen molar-refractivity contribution in [2.24, 2.45) is 0 Å². The van der Waals surface area contributed by atoms with Gasteiger partial charge in [-0.25, -0.2) is 4.79 Å². The van der Waals surface area contributed by atoms with Gasteiger partial charge in [0.1, 0.15) is 11.3 Å². The van der Waals surface area contributed by atoms with E-state index in [4.69, 9.17) is 0 Å². The van der Waals surface area contributed by atoms with Gasteiger partial charge in [0.25, 0.3) is 5.56 Å². The van der Waals surface area contributed by atoms with Gasteiger partial charge in [-0.1, -0.05) is 0 Å². The van der Waals surface area contributed by atoms with E-state index in [1.807, 2.05) is 0 Å². The molecule has 0 aliphatic rings. The van der Waals surface area contributed by atoms with Crippen LogP contribution in [-0.4, -0.2) is 27.0 Å². The summed E-state index contributed by atoms with van der Waals surface area (Å²) >= 11 is 0. The average molecular weight is 238 g/mol. The van der Waals surface area contributed by atoms with Crippen molar-refractivity contribution in [3.05, 3.63) is 32.1 Å². The van der Waals surface area contributed by atoms with Gasteiger partial charge in [-0.15, -0.1) is 0 Å². The lowest BCUT2D eigenvalue weighted by molar-refractivity contribution is 0.0919. The lowest BCUT2D eigenvalue weighted by Crippen LogP contribution is -2.43. The number of carbonyl (C=O) groups excluding carboxylic acids is 3. The number of aromatic nitrogens is 2. The molecule has 0 fully saturated rings. The summed E-state index contributed by atoms with van der Waals surface area (Å²) in [5.41, 5.74) is -2.95. The zero-order valence-electron chi connectivity index (χ0n) is 9.49. The summed E-state index contributed by atoms with van der Waals surface area (Å²) in [6, 6.07) is 0. The van der Waals surface area contributed by atoms with Gasteiger partial charge in [0, 0.05) is 13.8 Å². The second-order valence-electron chi connectivity index (χ2n) is 3.45. The Balaban J connectivity index is 3.91. The van der Waals surface area contributed by atoms with Crippen LogP contribution in [-0.2, 0) is 0 Å². The first kappa shape index (κ1) is 12.8. The van der Waals surface area contributed by atoms with Crippen molar-refractivity contribution >= 4 is 17.5 Å². The van der Waals surface area contributed by atoms with E-state index in [1.165, 1.54) is 0 Å². The molecule has 90 valence electrons. The highest BCUT2D eigenvalue weighted by atomic mass is 16.2. The largest absolute Gasteiger partial charge is 0.335 e. The maximum Gasteiger partial charge on any atom is 0.335 e. The van der Waals surface area contributed by atoms with E-state index in [9.17, 15) is 24.0 Å². The van der Waals surface area contributed by atoms with Crippen molar-refractivity contribution in [1.82, 2.24) is 9.55 Å². The summed E-state index contributed by atoms with van der Waals surface area (Å²) in [5, 5.41) is 0. The van der Waals surface area contributed by atoms with Crippen molar-refractivity contribution < 1.29 is 14.4 Å². The smallest absolute Gasteiger partial charge is 0.303 e. The Labute approximate surface area is 95.1 Å². The fourth-order valence-corrected chi connectivity index (χ4v) is 1.41. The first-order valence-electron chi connectivity index (χ1n) is 4.69. The SMILES string of the molecule is CC(=O)c1[nH]c(=O)n(C(C)=O)c(=O)c1C(C)=O. The molecule has 7 heteroatoms. The molecule has 17 heavy (non-hydrogen) atoms. The summed E-state index contributed by atoms with van der Waals surface area (Å²) in [4.78, 5) is 58.8. The topological polar surface area (TPSA) is 106 Å². The number of Topliss-reactive ketones (excluding diaryl/α,β-unsaturated/α-hetero) is 2. The van der Waals surface area contributed by atoms with E-state index in [1.54, 1.807) is 0 Å². The fraction of sp³-hybridized carbons (Fsp3) is 0.300. The Hall–Kier alpha value is -2.31. The Morgan fingerprint density at radius 3 is 1.88 bits per heavy atom. The Morgan fingerprint density at radius 2 is 1.53 bits per heavy atom. The van der Waals surface area contributed by atoms with E-state index in [0.717, 1.165) is 20.8 Å². The minimum Gasteiger partial charge on any atom is -0.303 e. The third kappa shape index (κ3) is 2.12. The molecule has 0 unspecified atom stereocenters. The highest BCUT2D eigenvalue weighted by Crippen LogP contribution is 2.00. The number of hydrogen-bond acceptors (Lipinski definition) is 5. The lowest BCUT2D eigenvalue weighted by atomic mass is 10.1. The molecule has 0 radical (unpaired) electrons. The molecular formula is C10H10N2O5. The third-order valence-corrected chi connectivity index (χ3v) is 2.12. The molecule has 1 N–H and O–H groups in total. The second-order valence-corrected chi connectivity index (χ2v) is 3.45. The Bertz CT molecular complexity index is 635. The lowest BCUT2D eigenvalue weighted by Gasteiger charge is -2.05. The van der Waals surface area contributed by atoms with Crippen LogP contribution in [0.1, 0.15) is 46.4 Å². The molecule has 1 aromatic heterocycles. The molecule has 1 rings (SSSR count). The number of ketones is 2. The van der Waals surface area contributed by atoms with Crippen molar-refractivity contribution in [2.75, 3.05) is 0 Å². The monoisotopic (exact) mass is 238 g/mol. The summed E-state index contributed by atoms with van der Waals surface area (Å²) in [6.45, 7) is 3.19. The summed E-state index contributed by atoms with van der Waals surface area (Å²) < 4.78 is 0.281. The highest BCUT2D eigenvalue weighted by Gasteiger charge is 2.21. The minimum atomic E-state index is -1.07. The predicted octanol–water partition coefficient (Wildman–Crippen LogP) is -0.398. The maximum absolute atomic E-state index is 11.7. The molecule has 1 aromatic rings. The third-order valence-electron chi connectivity index (χ3n) is 2.12. The first-order valence-corrected chi connectivity index (χ1v) is 4.69. The molecule has 0 aliphatic heterocycles. The van der Waals surface area contributed by atoms with Crippen LogP contribution in [0, 0.1) is 0 Å². The molecule has 0 saturated heterocycles. The molecule has 0 aliphatic carbocycles. The quantitative estimate of drug-likeness (QED) is 0.705. The van der Waals surface area contributed by atoms with Crippen LogP contribution < -0.4 is 11.2 Å². The normalized spacial score (nSPS) is 10.1. The van der Waals surface area contributed by atoms with Crippen molar-refractivity contribution in [2.45, 2.75) is 20.8 Å². The molecule has 0 bridgehead atoms. The number of aromatic amines is 1. The molecular weight excluding hydrogens is 228 g/mol. The minimum absolute atomic E-state index is 0.281. The summed E-state index contributed by atoms with van der Waals surface area (Å²) in [6.07, 6.45) is 0. The van der Waals surface area contributed by atoms with Crippen molar-refractivity contribution in [3.8, 4) is 0 Å². The van der Waals surface area contributed by atoms with Gasteiger partial charge >= 0.3 is 5.69 Å². The van der Waals surface area contributed by atoms with Crippen LogP contribution in [0.15, 0.2) is 9.59 Å². The van der Waals surface area contributed by atoms with Crippen LogP contribution in [0.25, 0.3) is 0 Å². The molecule has 0 saturated carbocycles. The van der Waals surface area contributed by atoms with Crippen LogP contribution >= 0.6 is 0 Å². The van der Waals surface area contributed by atoms with E-state index in [-0.39, 0.29) is 10.3 Å². The number of rotatable bonds is 2. The fourth-order valence-electron chi connectivity index (χ4n) is 1.41. The number of carbonyl (C=O) groups is 3. The van der Waals surface area contributed by atoms with Crippen molar-refractivity contribution in [3.63, 3.8) is 0 Å². The van der Waals surface area contributed by atoms with Gasteiger partial charge in [0.2, 0.25) is 5.91 Å². The van der Waals surface area contributed by atoms with Crippen LogP contribution in [0.2, 0.25) is 0 Å². The zero-order chi connectivity index (χ0) is 13.3. The summed E-state index contributed by atoms with van der Waals surface area (Å²) in [7, 11) is 0. The number of hydrogen-bond donors (Lipinski definition) is 1. The highest BCUT2D eigenvalue weighted by molar-refractivity contribution is 6.05. The predicted molar refractivity (Wildman–Crippen MR) is 57.6 cm³/mol. The van der Waals surface area contributed by atoms with Gasteiger partial charge < -0.3 is 4.98 Å². The van der Waals surface area contributed by atoms with Crippen LogP contribution in [0.3, 0.4) is 0 Å². The van der Waals surface area contributed by atoms with Gasteiger partial charge in [0.15, 0.2) is 11.6 Å². The molecule has 0 amide bonds. The van der Waals surface area contributed by atoms with Gasteiger partial charge in [0.05, 0.1) is 0 Å². The van der Waals surface area contributed by atoms with Crippen LogP contribution in [0.4, 0.5) is 0 Å². The molecule has 0 spiro atoms. The number of H-pyrrole nitrogens is 1. The van der Waals surface area contributed by atoms with Crippen molar-refractivity contribution in [1.29, 1.82) is 0 Å². The Morgan fingerprint density at radius 1 is 1.00 bits per heavy atom. The maximum atomic E-state index is 11.7.